The van der Waals surface area contributed by atoms with Crippen LogP contribution in [0.15, 0.2) is 66.7 Å². The first-order chi connectivity index (χ1) is 16.6. The van der Waals surface area contributed by atoms with E-state index in [-0.39, 0.29) is 23.6 Å². The van der Waals surface area contributed by atoms with Gasteiger partial charge in [0, 0.05) is 27.6 Å². The lowest BCUT2D eigenvalue weighted by molar-refractivity contribution is 0.112. The summed E-state index contributed by atoms with van der Waals surface area (Å²) in [4.78, 5) is 12.2. The highest BCUT2D eigenvalue weighted by Crippen LogP contribution is 2.41. The Morgan fingerprint density at radius 3 is 2.47 bits per heavy atom. The van der Waals surface area contributed by atoms with Gasteiger partial charge in [-0.2, -0.15) is 0 Å². The number of ether oxygens (including phenoxy) is 1. The van der Waals surface area contributed by atoms with Gasteiger partial charge in [0.2, 0.25) is 0 Å². The van der Waals surface area contributed by atoms with Crippen molar-refractivity contribution in [3.63, 3.8) is 0 Å². The number of nitrogens with one attached hydrogen (secondary N) is 1. The van der Waals surface area contributed by atoms with E-state index in [0.717, 1.165) is 58.4 Å². The number of aromatic hydroxyl groups is 2. The van der Waals surface area contributed by atoms with Crippen LogP contribution in [0.5, 0.6) is 17.2 Å². The lowest BCUT2D eigenvalue weighted by Gasteiger charge is -2.32. The minimum Gasteiger partial charge on any atom is -0.508 e. The molecule has 3 aromatic carbocycles. The average Bonchev–Trinajstić information content (AvgIpc) is 3.22. The first-order valence-corrected chi connectivity index (χ1v) is 12.4. The molecule has 6 heteroatoms. The van der Waals surface area contributed by atoms with E-state index in [0.29, 0.717) is 12.0 Å². The highest BCUT2D eigenvalue weighted by Gasteiger charge is 2.28. The van der Waals surface area contributed by atoms with Crippen molar-refractivity contribution in [2.24, 2.45) is 0 Å². The van der Waals surface area contributed by atoms with Crippen LogP contribution in [-0.2, 0) is 6.42 Å². The number of phenolic OH excluding ortho intramolecular Hbond substituents is 2. The molecule has 1 aliphatic heterocycles. The van der Waals surface area contributed by atoms with E-state index in [1.807, 2.05) is 30.3 Å². The molecule has 2 heterocycles. The fourth-order valence-corrected chi connectivity index (χ4v) is 5.92. The smallest absolute Gasteiger partial charge is 0.150 e. The molecule has 1 aromatic heterocycles. The summed E-state index contributed by atoms with van der Waals surface area (Å²) in [5, 5.41) is 24.6. The largest absolute Gasteiger partial charge is 0.508 e. The number of thiophene rings is 1. The van der Waals surface area contributed by atoms with Crippen LogP contribution < -0.4 is 10.1 Å². The van der Waals surface area contributed by atoms with Crippen molar-refractivity contribution in [1.29, 1.82) is 0 Å². The van der Waals surface area contributed by atoms with Crippen molar-refractivity contribution in [3.8, 4) is 27.7 Å². The van der Waals surface area contributed by atoms with Crippen molar-refractivity contribution in [3.05, 3.63) is 77.9 Å². The molecule has 1 saturated heterocycles. The third-order valence-corrected chi connectivity index (χ3v) is 7.66. The molecule has 5 nitrogen and oxygen atoms in total. The van der Waals surface area contributed by atoms with Crippen LogP contribution in [0, 0.1) is 0 Å². The zero-order valence-corrected chi connectivity index (χ0v) is 19.6. The molecule has 1 aliphatic rings. The summed E-state index contributed by atoms with van der Waals surface area (Å²) in [7, 11) is 0. The zero-order valence-electron chi connectivity index (χ0n) is 18.7. The molecular formula is C28H27NO4S. The molecule has 2 unspecified atom stereocenters. The fraction of sp³-hybridized carbons (Fsp3) is 0.250. The quantitative estimate of drug-likeness (QED) is 0.290. The Labute approximate surface area is 202 Å². The number of piperidine rings is 1. The number of rotatable bonds is 7. The molecule has 5 rings (SSSR count). The SMILES string of the molecule is O=Cc1ccc(OC(Cc2c(-c3ccc(O)cc3)sc3cc(O)ccc23)C2CCCCN2)cc1. The minimum absolute atomic E-state index is 0.107. The molecule has 34 heavy (non-hydrogen) atoms. The second-order valence-corrected chi connectivity index (χ2v) is 9.79. The Bertz CT molecular complexity index is 1270. The van der Waals surface area contributed by atoms with Crippen molar-refractivity contribution in [1.82, 2.24) is 5.32 Å². The van der Waals surface area contributed by atoms with E-state index >= 15 is 0 Å². The maximum Gasteiger partial charge on any atom is 0.150 e. The van der Waals surface area contributed by atoms with Crippen molar-refractivity contribution >= 4 is 27.7 Å². The van der Waals surface area contributed by atoms with Crippen LogP contribution >= 0.6 is 11.3 Å². The Hall–Kier alpha value is -3.35. The molecule has 0 amide bonds. The van der Waals surface area contributed by atoms with E-state index in [1.165, 1.54) is 5.56 Å². The Morgan fingerprint density at radius 1 is 1.00 bits per heavy atom. The third-order valence-electron chi connectivity index (χ3n) is 6.41. The van der Waals surface area contributed by atoms with Crippen LogP contribution in [0.1, 0.15) is 35.2 Å². The lowest BCUT2D eigenvalue weighted by atomic mass is 9.92. The molecule has 0 radical (unpaired) electrons. The summed E-state index contributed by atoms with van der Waals surface area (Å²) in [6, 6.07) is 20.2. The molecule has 2 atom stereocenters. The summed E-state index contributed by atoms with van der Waals surface area (Å²) < 4.78 is 7.56. The predicted octanol–water partition coefficient (Wildman–Crippen LogP) is 5.92. The first kappa shape index (κ1) is 22.4. The molecule has 1 fully saturated rings. The number of phenols is 2. The number of hydrogen-bond donors (Lipinski definition) is 3. The normalized spacial score (nSPS) is 16.9. The molecular weight excluding hydrogens is 446 g/mol. The summed E-state index contributed by atoms with van der Waals surface area (Å²) >= 11 is 1.64. The van der Waals surface area contributed by atoms with Gasteiger partial charge in [-0.05, 0) is 103 Å². The van der Waals surface area contributed by atoms with Crippen LogP contribution in [0.3, 0.4) is 0 Å². The van der Waals surface area contributed by atoms with Crippen molar-refractivity contribution in [2.45, 2.75) is 37.8 Å². The predicted molar refractivity (Wildman–Crippen MR) is 136 cm³/mol. The van der Waals surface area contributed by atoms with Crippen LogP contribution in [0.2, 0.25) is 0 Å². The number of aldehydes is 1. The Kier molecular flexibility index (Phi) is 6.52. The molecule has 174 valence electrons. The summed E-state index contributed by atoms with van der Waals surface area (Å²) in [6.45, 7) is 0.970. The maximum absolute atomic E-state index is 11.1. The average molecular weight is 474 g/mol. The number of hydrogen-bond acceptors (Lipinski definition) is 6. The number of benzene rings is 3. The van der Waals surface area contributed by atoms with Crippen LogP contribution in [0.25, 0.3) is 20.5 Å². The van der Waals surface area contributed by atoms with Crippen LogP contribution in [0.4, 0.5) is 0 Å². The van der Waals surface area contributed by atoms with Gasteiger partial charge in [0.25, 0.3) is 0 Å². The third kappa shape index (κ3) is 4.79. The van der Waals surface area contributed by atoms with E-state index in [1.54, 1.807) is 47.7 Å². The first-order valence-electron chi connectivity index (χ1n) is 11.6. The van der Waals surface area contributed by atoms with E-state index in [2.05, 4.69) is 5.32 Å². The van der Waals surface area contributed by atoms with Crippen molar-refractivity contribution in [2.75, 3.05) is 6.54 Å². The zero-order chi connectivity index (χ0) is 23.5. The highest BCUT2D eigenvalue weighted by atomic mass is 32.1. The Morgan fingerprint density at radius 2 is 1.76 bits per heavy atom. The second kappa shape index (κ2) is 9.87. The minimum atomic E-state index is -0.107. The number of carbonyl (C=O) groups is 1. The monoisotopic (exact) mass is 473 g/mol. The summed E-state index contributed by atoms with van der Waals surface area (Å²) in [6.07, 6.45) is 4.77. The lowest BCUT2D eigenvalue weighted by Crippen LogP contribution is -2.47. The van der Waals surface area contributed by atoms with Crippen molar-refractivity contribution < 1.29 is 19.7 Å². The Balaban J connectivity index is 1.55. The standard InChI is InChI=1S/C28H27NO4S/c30-17-18-4-11-22(12-5-18)33-26(25-3-1-2-14-29-25)16-24-23-13-10-21(32)15-27(23)34-28(24)19-6-8-20(31)9-7-19/h4-13,15,17,25-26,29,31-32H,1-3,14,16H2. The molecule has 4 aromatic rings. The molecule has 0 saturated carbocycles. The van der Waals surface area contributed by atoms with Gasteiger partial charge in [-0.1, -0.05) is 6.42 Å². The molecule has 0 aliphatic carbocycles. The van der Waals surface area contributed by atoms with Gasteiger partial charge in [0.1, 0.15) is 29.6 Å². The van der Waals surface area contributed by atoms with Gasteiger partial charge in [0.15, 0.2) is 0 Å². The van der Waals surface area contributed by atoms with E-state index in [9.17, 15) is 15.0 Å². The van der Waals surface area contributed by atoms with Gasteiger partial charge in [-0.3, -0.25) is 4.79 Å². The topological polar surface area (TPSA) is 78.8 Å². The van der Waals surface area contributed by atoms with E-state index < -0.39 is 0 Å². The number of fused-ring (bicyclic) bond motifs is 1. The summed E-state index contributed by atoms with van der Waals surface area (Å²) in [5.74, 6) is 1.22. The highest BCUT2D eigenvalue weighted by molar-refractivity contribution is 7.22. The van der Waals surface area contributed by atoms with Gasteiger partial charge in [-0.15, -0.1) is 11.3 Å². The molecule has 3 N–H and O–H groups in total. The van der Waals surface area contributed by atoms with Gasteiger partial charge >= 0.3 is 0 Å². The number of carbonyl (C=O) groups excluding carboxylic acids is 1. The molecule has 0 bridgehead atoms. The van der Waals surface area contributed by atoms with Gasteiger partial charge in [0.05, 0.1) is 0 Å². The van der Waals surface area contributed by atoms with Crippen LogP contribution in [-0.4, -0.2) is 35.2 Å². The molecule has 0 spiro atoms. The van der Waals surface area contributed by atoms with E-state index in [4.69, 9.17) is 4.74 Å². The fourth-order valence-electron chi connectivity index (χ4n) is 4.65. The second-order valence-electron chi connectivity index (χ2n) is 8.74. The van der Waals surface area contributed by atoms with Gasteiger partial charge < -0.3 is 20.3 Å². The van der Waals surface area contributed by atoms with Gasteiger partial charge in [-0.25, -0.2) is 0 Å². The maximum atomic E-state index is 11.1. The summed E-state index contributed by atoms with van der Waals surface area (Å²) in [5.41, 5.74) is 2.82.